The lowest BCUT2D eigenvalue weighted by Gasteiger charge is -2.07. The average molecular weight is 285 g/mol. The molecule has 2 aromatic rings. The highest BCUT2D eigenvalue weighted by Gasteiger charge is 2.13. The first kappa shape index (κ1) is 12.9. The molecule has 0 aromatic heterocycles. The zero-order valence-corrected chi connectivity index (χ0v) is 10.5. The van der Waals surface area contributed by atoms with E-state index in [2.05, 4.69) is 0 Å². The van der Waals surface area contributed by atoms with Crippen molar-refractivity contribution in [1.82, 2.24) is 0 Å². The maximum atomic E-state index is 13.0. The molecule has 18 heavy (non-hydrogen) atoms. The molecular weight excluding hydrogens is 278 g/mol. The Morgan fingerprint density at radius 3 is 2.56 bits per heavy atom. The number of benzene rings is 2. The maximum Gasteiger partial charge on any atom is 0.343 e. The summed E-state index contributed by atoms with van der Waals surface area (Å²) >= 11 is 11.7. The predicted molar refractivity (Wildman–Crippen MR) is 67.8 cm³/mol. The second-order valence-corrected chi connectivity index (χ2v) is 4.24. The van der Waals surface area contributed by atoms with E-state index in [0.29, 0.717) is 0 Å². The molecular formula is C13H7Cl2FO2. The van der Waals surface area contributed by atoms with Gasteiger partial charge in [0, 0.05) is 0 Å². The fourth-order valence-electron chi connectivity index (χ4n) is 1.34. The van der Waals surface area contributed by atoms with Gasteiger partial charge in [0.1, 0.15) is 10.8 Å². The molecule has 0 heterocycles. The fraction of sp³-hybridized carbons (Fsp3) is 0. The van der Waals surface area contributed by atoms with Crippen LogP contribution in [-0.2, 0) is 0 Å². The quantitative estimate of drug-likeness (QED) is 0.605. The van der Waals surface area contributed by atoms with Gasteiger partial charge in [-0.1, -0.05) is 35.3 Å². The second-order valence-electron chi connectivity index (χ2n) is 3.45. The Morgan fingerprint density at radius 1 is 1.11 bits per heavy atom. The second kappa shape index (κ2) is 5.38. The molecule has 92 valence electrons. The van der Waals surface area contributed by atoms with Gasteiger partial charge >= 0.3 is 5.97 Å². The normalized spacial score (nSPS) is 10.2. The summed E-state index contributed by atoms with van der Waals surface area (Å²) in [7, 11) is 0. The fourth-order valence-corrected chi connectivity index (χ4v) is 1.67. The largest absolute Gasteiger partial charge is 0.421 e. The SMILES string of the molecule is O=C(Oc1cccc(Cl)c1Cl)c1cccc(F)c1. The predicted octanol–water partition coefficient (Wildman–Crippen LogP) is 4.35. The van der Waals surface area contributed by atoms with Crippen molar-refractivity contribution in [2.75, 3.05) is 0 Å². The van der Waals surface area contributed by atoms with Gasteiger partial charge in [0.05, 0.1) is 10.6 Å². The van der Waals surface area contributed by atoms with Crippen LogP contribution in [0, 0.1) is 5.82 Å². The lowest BCUT2D eigenvalue weighted by molar-refractivity contribution is 0.0734. The average Bonchev–Trinajstić information content (AvgIpc) is 2.35. The Kier molecular flexibility index (Phi) is 3.84. The van der Waals surface area contributed by atoms with Crippen LogP contribution in [0.5, 0.6) is 5.75 Å². The van der Waals surface area contributed by atoms with Crippen molar-refractivity contribution < 1.29 is 13.9 Å². The summed E-state index contributed by atoms with van der Waals surface area (Å²) < 4.78 is 18.0. The van der Waals surface area contributed by atoms with E-state index in [-0.39, 0.29) is 21.4 Å². The van der Waals surface area contributed by atoms with Crippen LogP contribution in [0.15, 0.2) is 42.5 Å². The van der Waals surface area contributed by atoms with Crippen LogP contribution in [-0.4, -0.2) is 5.97 Å². The molecule has 0 unspecified atom stereocenters. The third kappa shape index (κ3) is 2.81. The van der Waals surface area contributed by atoms with Crippen LogP contribution < -0.4 is 4.74 Å². The first-order valence-electron chi connectivity index (χ1n) is 4.99. The number of esters is 1. The molecule has 2 nitrogen and oxygen atoms in total. The number of rotatable bonds is 2. The Bertz CT molecular complexity index is 599. The summed E-state index contributed by atoms with van der Waals surface area (Å²) in [6, 6.07) is 9.87. The van der Waals surface area contributed by atoms with E-state index in [1.807, 2.05) is 0 Å². The summed E-state index contributed by atoms with van der Waals surface area (Å²) in [6.45, 7) is 0. The lowest BCUT2D eigenvalue weighted by atomic mass is 10.2. The number of ether oxygens (including phenoxy) is 1. The Labute approximate surface area is 113 Å². The van der Waals surface area contributed by atoms with Gasteiger partial charge in [-0.05, 0) is 30.3 Å². The van der Waals surface area contributed by atoms with Crippen molar-refractivity contribution in [3.8, 4) is 5.75 Å². The summed E-state index contributed by atoms with van der Waals surface area (Å²) in [5.74, 6) is -1.07. The van der Waals surface area contributed by atoms with Crippen molar-refractivity contribution in [2.45, 2.75) is 0 Å². The highest BCUT2D eigenvalue weighted by Crippen LogP contribution is 2.31. The van der Waals surface area contributed by atoms with Gasteiger partial charge in [0.15, 0.2) is 5.75 Å². The molecule has 0 radical (unpaired) electrons. The minimum absolute atomic E-state index is 0.103. The summed E-state index contributed by atoms with van der Waals surface area (Å²) in [5.41, 5.74) is 0.103. The monoisotopic (exact) mass is 284 g/mol. The molecule has 2 rings (SSSR count). The standard InChI is InChI=1S/C13H7Cl2FO2/c14-10-5-2-6-11(12(10)15)18-13(17)8-3-1-4-9(16)7-8/h1-7H. The van der Waals surface area contributed by atoms with Crippen molar-refractivity contribution in [3.05, 3.63) is 63.9 Å². The molecule has 0 saturated heterocycles. The first-order valence-corrected chi connectivity index (χ1v) is 5.75. The molecule has 2 aromatic carbocycles. The molecule has 5 heteroatoms. The summed E-state index contributed by atoms with van der Waals surface area (Å²) in [6.07, 6.45) is 0. The van der Waals surface area contributed by atoms with E-state index in [1.165, 1.54) is 24.3 Å². The summed E-state index contributed by atoms with van der Waals surface area (Å²) in [5, 5.41) is 0.421. The number of halogens is 3. The van der Waals surface area contributed by atoms with E-state index in [9.17, 15) is 9.18 Å². The molecule has 0 bridgehead atoms. The van der Waals surface area contributed by atoms with Gasteiger partial charge < -0.3 is 4.74 Å². The zero-order chi connectivity index (χ0) is 13.1. The molecule has 0 aliphatic rings. The third-order valence-electron chi connectivity index (χ3n) is 2.18. The molecule has 0 spiro atoms. The van der Waals surface area contributed by atoms with Crippen molar-refractivity contribution in [1.29, 1.82) is 0 Å². The Hall–Kier alpha value is -1.58. The molecule has 0 fully saturated rings. The number of carbonyl (C=O) groups excluding carboxylic acids is 1. The van der Waals surface area contributed by atoms with E-state index in [1.54, 1.807) is 12.1 Å². The Balaban J connectivity index is 2.24. The minimum atomic E-state index is -0.696. The van der Waals surface area contributed by atoms with Gasteiger partial charge in [-0.3, -0.25) is 0 Å². The molecule has 0 N–H and O–H groups in total. The van der Waals surface area contributed by atoms with Crippen LogP contribution in [0.4, 0.5) is 4.39 Å². The highest BCUT2D eigenvalue weighted by molar-refractivity contribution is 6.43. The minimum Gasteiger partial charge on any atom is -0.421 e. The van der Waals surface area contributed by atoms with Crippen LogP contribution in [0.2, 0.25) is 10.0 Å². The zero-order valence-electron chi connectivity index (χ0n) is 8.99. The molecule has 0 aliphatic carbocycles. The van der Waals surface area contributed by atoms with Crippen molar-refractivity contribution >= 4 is 29.2 Å². The highest BCUT2D eigenvalue weighted by atomic mass is 35.5. The van der Waals surface area contributed by atoms with Crippen LogP contribution in [0.3, 0.4) is 0 Å². The number of hydrogen-bond acceptors (Lipinski definition) is 2. The molecule has 0 amide bonds. The topological polar surface area (TPSA) is 26.3 Å². The Morgan fingerprint density at radius 2 is 1.83 bits per heavy atom. The van der Waals surface area contributed by atoms with Crippen LogP contribution in [0.1, 0.15) is 10.4 Å². The van der Waals surface area contributed by atoms with Crippen LogP contribution >= 0.6 is 23.2 Å². The first-order chi connectivity index (χ1) is 8.58. The summed E-state index contributed by atoms with van der Waals surface area (Å²) in [4.78, 5) is 11.7. The van der Waals surface area contributed by atoms with Crippen molar-refractivity contribution in [3.63, 3.8) is 0 Å². The third-order valence-corrected chi connectivity index (χ3v) is 2.98. The molecule has 0 atom stereocenters. The van der Waals surface area contributed by atoms with E-state index in [4.69, 9.17) is 27.9 Å². The van der Waals surface area contributed by atoms with E-state index >= 15 is 0 Å². The van der Waals surface area contributed by atoms with Gasteiger partial charge in [-0.15, -0.1) is 0 Å². The van der Waals surface area contributed by atoms with E-state index in [0.717, 1.165) is 6.07 Å². The van der Waals surface area contributed by atoms with E-state index < -0.39 is 11.8 Å². The van der Waals surface area contributed by atoms with Gasteiger partial charge in [-0.25, -0.2) is 9.18 Å². The molecule has 0 aliphatic heterocycles. The van der Waals surface area contributed by atoms with Crippen molar-refractivity contribution in [2.24, 2.45) is 0 Å². The van der Waals surface area contributed by atoms with Gasteiger partial charge in [0.2, 0.25) is 0 Å². The number of carbonyl (C=O) groups is 1. The smallest absolute Gasteiger partial charge is 0.343 e. The number of hydrogen-bond donors (Lipinski definition) is 0. The van der Waals surface area contributed by atoms with Gasteiger partial charge in [-0.2, -0.15) is 0 Å². The molecule has 0 saturated carbocycles. The maximum absolute atomic E-state index is 13.0. The van der Waals surface area contributed by atoms with Gasteiger partial charge in [0.25, 0.3) is 0 Å². The van der Waals surface area contributed by atoms with Crippen LogP contribution in [0.25, 0.3) is 0 Å². The lowest BCUT2D eigenvalue weighted by Crippen LogP contribution is -2.09.